The van der Waals surface area contributed by atoms with Crippen molar-refractivity contribution in [2.45, 2.75) is 33.2 Å². The van der Waals surface area contributed by atoms with Crippen molar-refractivity contribution in [3.05, 3.63) is 51.7 Å². The fourth-order valence-electron chi connectivity index (χ4n) is 4.94. The largest absolute Gasteiger partial charge is 0.369 e. The Morgan fingerprint density at radius 1 is 1.13 bits per heavy atom. The molecule has 3 heterocycles. The van der Waals surface area contributed by atoms with Crippen LogP contribution in [0.3, 0.4) is 0 Å². The Morgan fingerprint density at radius 3 is 2.58 bits per heavy atom. The summed E-state index contributed by atoms with van der Waals surface area (Å²) in [5, 5.41) is 15.1. The Morgan fingerprint density at radius 2 is 1.90 bits per heavy atom. The first-order valence-electron chi connectivity index (χ1n) is 11.1. The van der Waals surface area contributed by atoms with Crippen LogP contribution in [0.4, 0.5) is 5.69 Å². The number of aromatic amines is 1. The summed E-state index contributed by atoms with van der Waals surface area (Å²) in [5.41, 5.74) is 5.70. The number of fused-ring (bicyclic) bond motifs is 4. The molecule has 0 aliphatic carbocycles. The molecule has 0 saturated carbocycles. The molecule has 1 aliphatic heterocycles. The predicted molar refractivity (Wildman–Crippen MR) is 127 cm³/mol. The lowest BCUT2D eigenvalue weighted by atomic mass is 10.0. The molecule has 2 aromatic heterocycles. The van der Waals surface area contributed by atoms with Crippen LogP contribution in [0.2, 0.25) is 0 Å². The van der Waals surface area contributed by atoms with Crippen LogP contribution < -0.4 is 15.6 Å². The van der Waals surface area contributed by atoms with Crippen LogP contribution in [0, 0.1) is 11.3 Å². The summed E-state index contributed by atoms with van der Waals surface area (Å²) < 4.78 is 2.24. The average molecular weight is 414 g/mol. The Bertz CT molecular complexity index is 1410. The number of nitrogens with one attached hydrogen (secondary N) is 2. The third-order valence-corrected chi connectivity index (χ3v) is 6.43. The van der Waals surface area contributed by atoms with Crippen molar-refractivity contribution in [2.75, 3.05) is 31.1 Å². The van der Waals surface area contributed by atoms with Crippen LogP contribution in [0.15, 0.2) is 35.1 Å². The molecule has 0 amide bonds. The van der Waals surface area contributed by atoms with Gasteiger partial charge in [0.1, 0.15) is 5.65 Å². The summed E-state index contributed by atoms with van der Waals surface area (Å²) in [5.74, 6) is 0. The van der Waals surface area contributed by atoms with E-state index in [-0.39, 0.29) is 11.5 Å². The maximum atomic E-state index is 13.7. The molecule has 1 aliphatic rings. The van der Waals surface area contributed by atoms with Crippen molar-refractivity contribution in [1.29, 1.82) is 5.26 Å². The van der Waals surface area contributed by atoms with Gasteiger partial charge in [0, 0.05) is 54.2 Å². The quantitative estimate of drug-likeness (QED) is 0.531. The van der Waals surface area contributed by atoms with E-state index < -0.39 is 0 Å². The molecule has 6 nitrogen and oxygen atoms in total. The molecule has 0 spiro atoms. The number of aromatic nitrogens is 2. The highest BCUT2D eigenvalue weighted by Gasteiger charge is 2.21. The number of piperazine rings is 1. The van der Waals surface area contributed by atoms with E-state index in [0.717, 1.165) is 60.1 Å². The summed E-state index contributed by atoms with van der Waals surface area (Å²) in [4.78, 5) is 19.6. The molecule has 0 bridgehead atoms. The lowest BCUT2D eigenvalue weighted by Gasteiger charge is -2.32. The first-order chi connectivity index (χ1) is 15.0. The number of rotatable bonds is 3. The maximum Gasteiger partial charge on any atom is 0.199 e. The molecule has 6 heteroatoms. The van der Waals surface area contributed by atoms with Gasteiger partial charge in [-0.2, -0.15) is 5.26 Å². The third-order valence-electron chi connectivity index (χ3n) is 6.43. The van der Waals surface area contributed by atoms with Gasteiger partial charge < -0.3 is 19.8 Å². The highest BCUT2D eigenvalue weighted by atomic mass is 16.1. The molecular weight excluding hydrogens is 386 g/mol. The zero-order valence-electron chi connectivity index (χ0n) is 18.2. The van der Waals surface area contributed by atoms with Crippen molar-refractivity contribution in [3.63, 3.8) is 0 Å². The number of hydrogen-bond donors (Lipinski definition) is 2. The first kappa shape index (κ1) is 19.7. The van der Waals surface area contributed by atoms with E-state index in [0.29, 0.717) is 10.9 Å². The third kappa shape index (κ3) is 3.00. The smallest absolute Gasteiger partial charge is 0.199 e. The Kier molecular flexibility index (Phi) is 4.71. The molecule has 5 rings (SSSR count). The van der Waals surface area contributed by atoms with Gasteiger partial charge in [0.05, 0.1) is 22.5 Å². The van der Waals surface area contributed by atoms with Crippen molar-refractivity contribution < 1.29 is 0 Å². The number of nitriles is 1. The van der Waals surface area contributed by atoms with Gasteiger partial charge in [0.2, 0.25) is 0 Å². The molecule has 0 atom stereocenters. The Balaban J connectivity index is 1.91. The monoisotopic (exact) mass is 413 g/mol. The van der Waals surface area contributed by atoms with Crippen molar-refractivity contribution >= 4 is 38.5 Å². The molecule has 0 radical (unpaired) electrons. The number of H-pyrrole nitrogens is 1. The van der Waals surface area contributed by atoms with Gasteiger partial charge in [-0.05, 0) is 50.1 Å². The fourth-order valence-corrected chi connectivity index (χ4v) is 4.94. The van der Waals surface area contributed by atoms with E-state index in [4.69, 9.17) is 0 Å². The zero-order chi connectivity index (χ0) is 21.7. The molecule has 1 fully saturated rings. The highest BCUT2D eigenvalue weighted by Crippen LogP contribution is 2.33. The van der Waals surface area contributed by atoms with Gasteiger partial charge in [0.15, 0.2) is 5.43 Å². The van der Waals surface area contributed by atoms with Gasteiger partial charge in [-0.15, -0.1) is 0 Å². The van der Waals surface area contributed by atoms with Crippen molar-refractivity contribution in [3.8, 4) is 6.07 Å². The number of benzene rings is 2. The number of pyridine rings is 1. The van der Waals surface area contributed by atoms with E-state index >= 15 is 0 Å². The zero-order valence-corrected chi connectivity index (χ0v) is 18.2. The molecule has 2 N–H and O–H groups in total. The molecule has 2 aromatic carbocycles. The summed E-state index contributed by atoms with van der Waals surface area (Å²) in [6.45, 7) is 10.3. The average Bonchev–Trinajstić information content (AvgIpc) is 3.17. The van der Waals surface area contributed by atoms with Crippen molar-refractivity contribution in [2.24, 2.45) is 0 Å². The van der Waals surface area contributed by atoms with Crippen LogP contribution in [-0.4, -0.2) is 35.7 Å². The normalized spacial score (nSPS) is 14.7. The minimum atomic E-state index is 0.0550. The van der Waals surface area contributed by atoms with Gasteiger partial charge in [0.25, 0.3) is 0 Å². The Labute approximate surface area is 181 Å². The van der Waals surface area contributed by atoms with Crippen LogP contribution in [0.1, 0.15) is 37.9 Å². The van der Waals surface area contributed by atoms with Gasteiger partial charge >= 0.3 is 0 Å². The van der Waals surface area contributed by atoms with Crippen LogP contribution in [-0.2, 0) is 6.42 Å². The van der Waals surface area contributed by atoms with E-state index in [1.165, 1.54) is 11.3 Å². The number of nitrogens with zero attached hydrogens (tertiary/aromatic N) is 3. The second-order valence-electron chi connectivity index (χ2n) is 8.60. The minimum Gasteiger partial charge on any atom is -0.369 e. The maximum absolute atomic E-state index is 13.7. The van der Waals surface area contributed by atoms with Crippen LogP contribution >= 0.6 is 0 Å². The first-order valence-corrected chi connectivity index (χ1v) is 11.1. The topological polar surface area (TPSA) is 76.8 Å². The second kappa shape index (κ2) is 7.44. The highest BCUT2D eigenvalue weighted by molar-refractivity contribution is 6.10. The molecular formula is C25H27N5O. The summed E-state index contributed by atoms with van der Waals surface area (Å²) in [6.07, 6.45) is 0.883. The molecule has 1 saturated heterocycles. The second-order valence-corrected chi connectivity index (χ2v) is 8.60. The van der Waals surface area contributed by atoms with E-state index in [1.807, 2.05) is 12.1 Å². The fraction of sp³-hybridized carbons (Fsp3) is 0.360. The van der Waals surface area contributed by atoms with Gasteiger partial charge in [-0.25, -0.2) is 0 Å². The number of hydrogen-bond acceptors (Lipinski definition) is 4. The Hall–Kier alpha value is -3.30. The van der Waals surface area contributed by atoms with E-state index in [2.05, 4.69) is 58.7 Å². The lowest BCUT2D eigenvalue weighted by Crippen LogP contribution is -2.43. The standard InChI is InChI=1S/C25H27N5O/c1-4-17-12-19-22(13-21(17)29-9-7-27-8-10-29)30(15(2)3)25-23(24(19)31)18-6-5-16(14-26)11-20(18)28-25/h5-6,11-13,15,27-28H,4,7-10H2,1-3H3. The van der Waals surface area contributed by atoms with Gasteiger partial charge in [-0.3, -0.25) is 4.79 Å². The van der Waals surface area contributed by atoms with Crippen molar-refractivity contribution in [1.82, 2.24) is 14.9 Å². The number of anilines is 1. The number of aryl methyl sites for hydroxylation is 1. The van der Waals surface area contributed by atoms with Crippen LogP contribution in [0.25, 0.3) is 32.8 Å². The summed E-state index contributed by atoms with van der Waals surface area (Å²) in [6, 6.07) is 12.2. The SMILES string of the molecule is CCc1cc2c(=O)c3c4ccc(C#N)cc4[nH]c3n(C(C)C)c2cc1N1CCNCC1. The van der Waals surface area contributed by atoms with Crippen LogP contribution in [0.5, 0.6) is 0 Å². The molecule has 4 aromatic rings. The lowest BCUT2D eigenvalue weighted by molar-refractivity contribution is 0.587. The predicted octanol–water partition coefficient (Wildman–Crippen LogP) is 4.06. The summed E-state index contributed by atoms with van der Waals surface area (Å²) >= 11 is 0. The minimum absolute atomic E-state index is 0.0550. The molecule has 31 heavy (non-hydrogen) atoms. The summed E-state index contributed by atoms with van der Waals surface area (Å²) in [7, 11) is 0. The molecule has 158 valence electrons. The van der Waals surface area contributed by atoms with E-state index in [1.54, 1.807) is 6.07 Å². The van der Waals surface area contributed by atoms with Gasteiger partial charge in [-0.1, -0.05) is 13.0 Å². The van der Waals surface area contributed by atoms with E-state index in [9.17, 15) is 10.1 Å². The molecule has 0 unspecified atom stereocenters.